The molecule has 81 valence electrons. The second kappa shape index (κ2) is 29.6. The van der Waals surface area contributed by atoms with Gasteiger partial charge in [-0.3, -0.25) is 6.08 Å². The molecule has 0 aromatic heterocycles. The SMILES string of the molecule is C=O.C=O.C=O.CCC1=[C-]CC=C1.[Mn]. The number of rotatable bonds is 1. The molecule has 0 aliphatic heterocycles. The summed E-state index contributed by atoms with van der Waals surface area (Å²) in [4.78, 5) is 24.0. The Balaban J connectivity index is -0.0000000625. The van der Waals surface area contributed by atoms with Gasteiger partial charge in [0.1, 0.15) is 20.4 Å². The van der Waals surface area contributed by atoms with Crippen LogP contribution in [0.5, 0.6) is 0 Å². The minimum absolute atomic E-state index is 0. The summed E-state index contributed by atoms with van der Waals surface area (Å²) in [7, 11) is 0. The first-order valence-corrected chi connectivity index (χ1v) is 3.56. The van der Waals surface area contributed by atoms with Crippen LogP contribution < -0.4 is 0 Å². The Morgan fingerprint density at radius 3 is 1.79 bits per heavy atom. The van der Waals surface area contributed by atoms with Gasteiger partial charge in [-0.25, -0.2) is 11.6 Å². The number of carbonyl (C=O) groups is 3. The zero-order valence-electron chi connectivity index (χ0n) is 8.29. The van der Waals surface area contributed by atoms with Crippen molar-refractivity contribution < 1.29 is 31.5 Å². The molecule has 0 saturated heterocycles. The fraction of sp³-hybridized carbons (Fsp3) is 0.300. The molecule has 1 aliphatic rings. The second-order valence-corrected chi connectivity index (χ2v) is 1.66. The van der Waals surface area contributed by atoms with Crippen LogP contribution in [0.1, 0.15) is 19.8 Å². The largest absolute Gasteiger partial charge is 0.307 e. The van der Waals surface area contributed by atoms with Crippen molar-refractivity contribution in [3.8, 4) is 0 Å². The Morgan fingerprint density at radius 1 is 1.21 bits per heavy atom. The van der Waals surface area contributed by atoms with E-state index in [0.29, 0.717) is 0 Å². The molecule has 0 unspecified atom stereocenters. The summed E-state index contributed by atoms with van der Waals surface area (Å²) in [6.45, 7) is 8.15. The van der Waals surface area contributed by atoms with Gasteiger partial charge in [-0.1, -0.05) is 13.3 Å². The van der Waals surface area contributed by atoms with Crippen molar-refractivity contribution in [3.05, 3.63) is 23.8 Å². The quantitative estimate of drug-likeness (QED) is 0.514. The van der Waals surface area contributed by atoms with Gasteiger partial charge in [0.2, 0.25) is 0 Å². The fourth-order valence-corrected chi connectivity index (χ4v) is 0.693. The topological polar surface area (TPSA) is 51.2 Å². The Kier molecular flexibility index (Phi) is 48.9. The van der Waals surface area contributed by atoms with Crippen LogP contribution in [-0.2, 0) is 31.5 Å². The van der Waals surface area contributed by atoms with Gasteiger partial charge in [0.05, 0.1) is 0 Å². The first-order valence-electron chi connectivity index (χ1n) is 3.56. The summed E-state index contributed by atoms with van der Waals surface area (Å²) < 4.78 is 0. The van der Waals surface area contributed by atoms with Gasteiger partial charge in [0, 0.05) is 17.1 Å². The minimum atomic E-state index is 0. The molecule has 1 radical (unpaired) electrons. The zero-order valence-corrected chi connectivity index (χ0v) is 9.47. The van der Waals surface area contributed by atoms with Gasteiger partial charge in [-0.15, -0.1) is 6.42 Å². The molecule has 14 heavy (non-hydrogen) atoms. The van der Waals surface area contributed by atoms with Gasteiger partial charge < -0.3 is 14.4 Å². The monoisotopic (exact) mass is 238 g/mol. The number of hydrogen-bond donors (Lipinski definition) is 0. The summed E-state index contributed by atoms with van der Waals surface area (Å²) in [5.41, 5.74) is 1.36. The maximum absolute atomic E-state index is 8.00. The molecule has 0 heterocycles. The predicted molar refractivity (Wildman–Crippen MR) is 52.2 cm³/mol. The molecule has 0 fully saturated rings. The summed E-state index contributed by atoms with van der Waals surface area (Å²) in [6, 6.07) is 0. The van der Waals surface area contributed by atoms with Crippen LogP contribution in [0.4, 0.5) is 0 Å². The third kappa shape index (κ3) is 17.2. The van der Waals surface area contributed by atoms with Crippen LogP contribution in [0, 0.1) is 6.08 Å². The molecule has 0 saturated carbocycles. The Morgan fingerprint density at radius 2 is 1.64 bits per heavy atom. The first-order chi connectivity index (χ1) is 6.43. The van der Waals surface area contributed by atoms with Crippen molar-refractivity contribution in [1.82, 2.24) is 0 Å². The summed E-state index contributed by atoms with van der Waals surface area (Å²) in [5, 5.41) is 0. The van der Waals surface area contributed by atoms with Gasteiger partial charge in [-0.2, -0.15) is 6.08 Å². The summed E-state index contributed by atoms with van der Waals surface area (Å²) in [5.74, 6) is 0. The molecule has 0 atom stereocenters. The van der Waals surface area contributed by atoms with Crippen LogP contribution in [0.2, 0.25) is 0 Å². The normalized spacial score (nSPS) is 9.64. The maximum Gasteiger partial charge on any atom is 0.106 e. The second-order valence-electron chi connectivity index (χ2n) is 1.66. The Labute approximate surface area is 95.7 Å². The van der Waals surface area contributed by atoms with Gasteiger partial charge in [0.15, 0.2) is 0 Å². The summed E-state index contributed by atoms with van der Waals surface area (Å²) in [6.07, 6.45) is 9.65. The van der Waals surface area contributed by atoms with Crippen LogP contribution >= 0.6 is 0 Å². The van der Waals surface area contributed by atoms with Crippen molar-refractivity contribution in [2.75, 3.05) is 0 Å². The molecule has 3 nitrogen and oxygen atoms in total. The summed E-state index contributed by atoms with van der Waals surface area (Å²) >= 11 is 0. The van der Waals surface area contributed by atoms with Crippen LogP contribution in [0.3, 0.4) is 0 Å². The number of hydrogen-bond acceptors (Lipinski definition) is 3. The van der Waals surface area contributed by atoms with Crippen LogP contribution in [-0.4, -0.2) is 20.4 Å². The van der Waals surface area contributed by atoms with Crippen LogP contribution in [0.15, 0.2) is 17.7 Å². The van der Waals surface area contributed by atoms with E-state index in [1.807, 2.05) is 20.4 Å². The fourth-order valence-electron chi connectivity index (χ4n) is 0.693. The molecule has 0 amide bonds. The van der Waals surface area contributed by atoms with Gasteiger partial charge in [-0.05, 0) is 0 Å². The number of allylic oxidation sites excluding steroid dienone is 4. The molecular formula is C10H15MnO3-. The van der Waals surface area contributed by atoms with E-state index < -0.39 is 0 Å². The van der Waals surface area contributed by atoms with Crippen molar-refractivity contribution >= 4 is 20.4 Å². The molecule has 0 aromatic rings. The maximum atomic E-state index is 8.00. The molecule has 0 bridgehead atoms. The minimum Gasteiger partial charge on any atom is -0.307 e. The zero-order chi connectivity index (χ0) is 11.1. The van der Waals surface area contributed by atoms with E-state index in [4.69, 9.17) is 14.4 Å². The third-order valence-corrected chi connectivity index (χ3v) is 1.15. The van der Waals surface area contributed by atoms with Gasteiger partial charge >= 0.3 is 0 Å². The van der Waals surface area contributed by atoms with Crippen molar-refractivity contribution in [3.63, 3.8) is 0 Å². The molecule has 1 rings (SSSR count). The molecule has 1 aliphatic carbocycles. The van der Waals surface area contributed by atoms with E-state index in [1.54, 1.807) is 0 Å². The average molecular weight is 238 g/mol. The molecule has 4 heteroatoms. The molecular weight excluding hydrogens is 223 g/mol. The number of carbonyl (C=O) groups excluding carboxylic acids is 3. The van der Waals surface area contributed by atoms with E-state index in [2.05, 4.69) is 25.2 Å². The predicted octanol–water partition coefficient (Wildman–Crippen LogP) is 1.53. The van der Waals surface area contributed by atoms with E-state index in [9.17, 15) is 0 Å². The average Bonchev–Trinajstić information content (AvgIpc) is 2.79. The Bertz CT molecular complexity index is 151. The smallest absolute Gasteiger partial charge is 0.106 e. The first kappa shape index (κ1) is 23.1. The van der Waals surface area contributed by atoms with E-state index in [1.165, 1.54) is 5.57 Å². The standard InChI is InChI=1S/C7H9.3CH2O.Mn/c1-2-7-5-3-4-6-7;3*1-2;/h3,5H,2,4H2,1H3;3*1H2;/q-1;;;;. The van der Waals surface area contributed by atoms with Crippen LogP contribution in [0.25, 0.3) is 0 Å². The van der Waals surface area contributed by atoms with Gasteiger partial charge in [0.25, 0.3) is 0 Å². The molecule has 0 N–H and O–H groups in total. The third-order valence-electron chi connectivity index (χ3n) is 1.15. The van der Waals surface area contributed by atoms with E-state index >= 15 is 0 Å². The van der Waals surface area contributed by atoms with E-state index in [0.717, 1.165) is 12.8 Å². The van der Waals surface area contributed by atoms with E-state index in [-0.39, 0.29) is 17.1 Å². The van der Waals surface area contributed by atoms with Crippen molar-refractivity contribution in [2.24, 2.45) is 0 Å². The Hall–Kier alpha value is -0.991. The molecule has 0 spiro atoms. The van der Waals surface area contributed by atoms with Crippen molar-refractivity contribution in [1.29, 1.82) is 0 Å². The molecule has 0 aromatic carbocycles. The van der Waals surface area contributed by atoms with Crippen molar-refractivity contribution in [2.45, 2.75) is 19.8 Å².